The fourth-order valence-electron chi connectivity index (χ4n) is 2.16. The van der Waals surface area contributed by atoms with Crippen molar-refractivity contribution in [1.29, 1.82) is 0 Å². The van der Waals surface area contributed by atoms with E-state index >= 15 is 0 Å². The Kier molecular flexibility index (Phi) is 4.93. The third-order valence-corrected chi connectivity index (χ3v) is 4.30. The minimum absolute atomic E-state index is 0.241. The number of nitrogens with two attached hydrogens (primary N) is 1. The highest BCUT2D eigenvalue weighted by Crippen LogP contribution is 2.24. The summed E-state index contributed by atoms with van der Waals surface area (Å²) < 4.78 is 0. The van der Waals surface area contributed by atoms with Crippen molar-refractivity contribution >= 4 is 23.4 Å². The van der Waals surface area contributed by atoms with Crippen LogP contribution in [-0.2, 0) is 4.79 Å². The van der Waals surface area contributed by atoms with Gasteiger partial charge in [0, 0.05) is 23.7 Å². The van der Waals surface area contributed by atoms with Gasteiger partial charge < -0.3 is 10.6 Å². The van der Waals surface area contributed by atoms with Crippen molar-refractivity contribution in [2.24, 2.45) is 0 Å². The lowest BCUT2D eigenvalue weighted by molar-refractivity contribution is -0.128. The lowest BCUT2D eigenvalue weighted by Gasteiger charge is -2.20. The molecule has 1 aromatic carbocycles. The number of hydrogen-bond donors (Lipinski definition) is 1. The van der Waals surface area contributed by atoms with E-state index in [9.17, 15) is 4.79 Å². The van der Waals surface area contributed by atoms with E-state index in [2.05, 4.69) is 0 Å². The first-order valence-electron chi connectivity index (χ1n) is 6.52. The molecule has 1 aliphatic rings. The normalized spacial score (nSPS) is 16.3. The number of rotatable bonds is 3. The number of carbonyl (C=O) groups is 1. The van der Waals surface area contributed by atoms with Crippen LogP contribution in [0.1, 0.15) is 25.7 Å². The van der Waals surface area contributed by atoms with Crippen molar-refractivity contribution in [1.82, 2.24) is 4.90 Å². The highest BCUT2D eigenvalue weighted by atomic mass is 32.2. The first kappa shape index (κ1) is 13.3. The number of amides is 1. The summed E-state index contributed by atoms with van der Waals surface area (Å²) in [6.45, 7) is 1.84. The fourth-order valence-corrected chi connectivity index (χ4v) is 3.03. The van der Waals surface area contributed by atoms with Gasteiger partial charge in [-0.15, -0.1) is 11.8 Å². The van der Waals surface area contributed by atoms with Crippen LogP contribution in [0, 0.1) is 0 Å². The third kappa shape index (κ3) is 3.67. The van der Waals surface area contributed by atoms with Crippen LogP contribution in [-0.4, -0.2) is 29.6 Å². The van der Waals surface area contributed by atoms with Gasteiger partial charge in [0.25, 0.3) is 0 Å². The molecule has 0 bridgehead atoms. The van der Waals surface area contributed by atoms with Crippen molar-refractivity contribution in [3.63, 3.8) is 0 Å². The quantitative estimate of drug-likeness (QED) is 0.674. The fraction of sp³-hybridized carbons (Fsp3) is 0.500. The third-order valence-electron chi connectivity index (χ3n) is 3.23. The van der Waals surface area contributed by atoms with Crippen molar-refractivity contribution in [3.8, 4) is 0 Å². The monoisotopic (exact) mass is 264 g/mol. The van der Waals surface area contributed by atoms with Crippen molar-refractivity contribution in [3.05, 3.63) is 24.3 Å². The number of carbonyl (C=O) groups excluding carboxylic acids is 1. The highest BCUT2D eigenvalue weighted by Gasteiger charge is 2.15. The summed E-state index contributed by atoms with van der Waals surface area (Å²) in [5, 5.41) is 0. The highest BCUT2D eigenvalue weighted by molar-refractivity contribution is 8.00. The van der Waals surface area contributed by atoms with Crippen molar-refractivity contribution in [2.45, 2.75) is 30.6 Å². The molecule has 2 N–H and O–H groups in total. The Balaban J connectivity index is 1.86. The molecule has 1 amide bonds. The number of nitrogen functional groups attached to an aromatic ring is 1. The van der Waals surface area contributed by atoms with Gasteiger partial charge in [-0.1, -0.05) is 25.0 Å². The molecule has 1 fully saturated rings. The van der Waals surface area contributed by atoms with Gasteiger partial charge in [0.1, 0.15) is 0 Å². The van der Waals surface area contributed by atoms with Gasteiger partial charge in [-0.3, -0.25) is 4.79 Å². The molecule has 0 aromatic heterocycles. The molecule has 1 aliphatic heterocycles. The van der Waals surface area contributed by atoms with Gasteiger partial charge in [-0.2, -0.15) is 0 Å². The van der Waals surface area contributed by atoms with Gasteiger partial charge >= 0.3 is 0 Å². The molecule has 18 heavy (non-hydrogen) atoms. The van der Waals surface area contributed by atoms with E-state index in [1.54, 1.807) is 0 Å². The number of anilines is 1. The first-order chi connectivity index (χ1) is 8.77. The maximum atomic E-state index is 12.1. The van der Waals surface area contributed by atoms with Crippen LogP contribution in [0.15, 0.2) is 29.2 Å². The molecule has 0 spiro atoms. The Bertz CT molecular complexity index is 401. The molecule has 2 rings (SSSR count). The Labute approximate surface area is 113 Å². The van der Waals surface area contributed by atoms with Crippen LogP contribution in [0.2, 0.25) is 0 Å². The predicted molar refractivity (Wildman–Crippen MR) is 76.6 cm³/mol. The zero-order valence-electron chi connectivity index (χ0n) is 10.6. The van der Waals surface area contributed by atoms with Crippen LogP contribution in [0.4, 0.5) is 5.69 Å². The number of thioether (sulfide) groups is 1. The summed E-state index contributed by atoms with van der Waals surface area (Å²) in [6.07, 6.45) is 4.79. The summed E-state index contributed by atoms with van der Waals surface area (Å²) in [5.41, 5.74) is 6.62. The molecule has 0 atom stereocenters. The van der Waals surface area contributed by atoms with Crippen LogP contribution in [0.3, 0.4) is 0 Å². The van der Waals surface area contributed by atoms with E-state index in [1.807, 2.05) is 29.2 Å². The zero-order valence-corrected chi connectivity index (χ0v) is 11.4. The second-order valence-corrected chi connectivity index (χ2v) is 5.64. The minimum atomic E-state index is 0.241. The average molecular weight is 264 g/mol. The molecule has 1 aromatic rings. The number of nitrogens with zero attached hydrogens (tertiary/aromatic N) is 1. The maximum Gasteiger partial charge on any atom is 0.232 e. The molecular formula is C14H20N2OS. The zero-order chi connectivity index (χ0) is 12.8. The van der Waals surface area contributed by atoms with E-state index in [-0.39, 0.29) is 5.91 Å². The summed E-state index contributed by atoms with van der Waals surface area (Å²) in [7, 11) is 0. The summed E-state index contributed by atoms with van der Waals surface area (Å²) in [6, 6.07) is 7.71. The Morgan fingerprint density at radius 3 is 2.50 bits per heavy atom. The second-order valence-electron chi connectivity index (χ2n) is 4.62. The van der Waals surface area contributed by atoms with Crippen LogP contribution in [0.25, 0.3) is 0 Å². The van der Waals surface area contributed by atoms with E-state index in [0.29, 0.717) is 5.75 Å². The van der Waals surface area contributed by atoms with Gasteiger partial charge in [-0.05, 0) is 25.0 Å². The lowest BCUT2D eigenvalue weighted by Crippen LogP contribution is -2.33. The molecule has 1 heterocycles. The summed E-state index contributed by atoms with van der Waals surface area (Å²) in [4.78, 5) is 15.1. The van der Waals surface area contributed by atoms with E-state index in [4.69, 9.17) is 5.73 Å². The second kappa shape index (κ2) is 6.69. The van der Waals surface area contributed by atoms with Gasteiger partial charge in [0.2, 0.25) is 5.91 Å². The topological polar surface area (TPSA) is 46.3 Å². The van der Waals surface area contributed by atoms with Crippen LogP contribution in [0.5, 0.6) is 0 Å². The summed E-state index contributed by atoms with van der Waals surface area (Å²) in [5.74, 6) is 0.735. The predicted octanol–water partition coefficient (Wildman–Crippen LogP) is 2.76. The first-order valence-corrected chi connectivity index (χ1v) is 7.51. The molecule has 4 heteroatoms. The molecule has 0 radical (unpaired) electrons. The molecule has 0 aliphatic carbocycles. The van der Waals surface area contributed by atoms with E-state index in [0.717, 1.165) is 36.5 Å². The Hall–Kier alpha value is -1.16. The van der Waals surface area contributed by atoms with Gasteiger partial charge in [-0.25, -0.2) is 0 Å². The Morgan fingerprint density at radius 2 is 1.83 bits per heavy atom. The number of likely N-dealkylation sites (tertiary alicyclic amines) is 1. The van der Waals surface area contributed by atoms with Crippen LogP contribution >= 0.6 is 11.8 Å². The molecule has 0 saturated carbocycles. The number of para-hydroxylation sites is 1. The Morgan fingerprint density at radius 1 is 1.17 bits per heavy atom. The average Bonchev–Trinajstić information content (AvgIpc) is 2.66. The number of benzene rings is 1. The van der Waals surface area contributed by atoms with Gasteiger partial charge in [0.15, 0.2) is 0 Å². The van der Waals surface area contributed by atoms with Crippen molar-refractivity contribution in [2.75, 3.05) is 24.6 Å². The van der Waals surface area contributed by atoms with Gasteiger partial charge in [0.05, 0.1) is 5.75 Å². The minimum Gasteiger partial charge on any atom is -0.398 e. The summed E-state index contributed by atoms with van der Waals surface area (Å²) >= 11 is 1.54. The molecule has 1 saturated heterocycles. The maximum absolute atomic E-state index is 12.1. The number of hydrogen-bond acceptors (Lipinski definition) is 3. The standard InChI is InChI=1S/C14H20N2OS/c15-12-7-3-4-8-13(12)18-11-14(17)16-9-5-1-2-6-10-16/h3-4,7-8H,1-2,5-6,9-11,15H2. The molecular weight excluding hydrogens is 244 g/mol. The largest absolute Gasteiger partial charge is 0.398 e. The van der Waals surface area contributed by atoms with Crippen LogP contribution < -0.4 is 5.73 Å². The van der Waals surface area contributed by atoms with E-state index < -0.39 is 0 Å². The van der Waals surface area contributed by atoms with E-state index in [1.165, 1.54) is 24.6 Å². The smallest absolute Gasteiger partial charge is 0.232 e. The lowest BCUT2D eigenvalue weighted by atomic mass is 10.2. The molecule has 0 unspecified atom stereocenters. The SMILES string of the molecule is Nc1ccccc1SCC(=O)N1CCCCCC1. The molecule has 98 valence electrons. The van der Waals surface area contributed by atoms with Crippen molar-refractivity contribution < 1.29 is 4.79 Å². The molecule has 3 nitrogen and oxygen atoms in total.